The van der Waals surface area contributed by atoms with E-state index in [1.54, 1.807) is 6.92 Å². The number of thiophene rings is 1. The molecule has 0 radical (unpaired) electrons. The number of amides is 3. The van der Waals surface area contributed by atoms with E-state index in [1.807, 2.05) is 11.4 Å². The molecule has 0 bridgehead atoms. The van der Waals surface area contributed by atoms with Crippen molar-refractivity contribution in [2.75, 3.05) is 18.5 Å². The van der Waals surface area contributed by atoms with E-state index in [1.165, 1.54) is 41.4 Å². The van der Waals surface area contributed by atoms with Crippen molar-refractivity contribution >= 4 is 40.8 Å². The largest absolute Gasteiger partial charge is 0.486 e. The highest BCUT2D eigenvalue weighted by Crippen LogP contribution is 2.38. The van der Waals surface area contributed by atoms with Crippen LogP contribution in [0, 0.1) is 5.82 Å². The Hall–Kier alpha value is -3.80. The third kappa shape index (κ3) is 5.16. The first-order chi connectivity index (χ1) is 16.6. The SMILES string of the molecule is CC(=O)OC[C@@H]1C[C@H](Oc2cc(F)ccc2NC2=C(C)N(C(N)=O)Cc3sccc32)CN1C(=O)O. The number of hydrogen-bond acceptors (Lipinski definition) is 7. The smallest absolute Gasteiger partial charge is 0.407 e. The zero-order valence-electron chi connectivity index (χ0n) is 19.1. The lowest BCUT2D eigenvalue weighted by atomic mass is 10.1. The zero-order chi connectivity index (χ0) is 25.3. The van der Waals surface area contributed by atoms with E-state index in [9.17, 15) is 23.9 Å². The Bertz CT molecular complexity index is 1200. The average Bonchev–Trinajstić information content (AvgIpc) is 3.42. The second-order valence-electron chi connectivity index (χ2n) is 8.27. The molecule has 4 N–H and O–H groups in total. The highest BCUT2D eigenvalue weighted by Gasteiger charge is 2.37. The van der Waals surface area contributed by atoms with Crippen molar-refractivity contribution in [2.24, 2.45) is 5.73 Å². The van der Waals surface area contributed by atoms with Crippen LogP contribution in [0.4, 0.5) is 19.7 Å². The van der Waals surface area contributed by atoms with Crippen molar-refractivity contribution in [3.63, 3.8) is 0 Å². The molecule has 2 aliphatic heterocycles. The fraction of sp³-hybridized carbons (Fsp3) is 0.348. The van der Waals surface area contributed by atoms with Crippen LogP contribution in [0.2, 0.25) is 0 Å². The van der Waals surface area contributed by atoms with Gasteiger partial charge in [0.15, 0.2) is 0 Å². The Labute approximate surface area is 204 Å². The maximum Gasteiger partial charge on any atom is 0.407 e. The minimum atomic E-state index is -1.16. The van der Waals surface area contributed by atoms with E-state index in [-0.39, 0.29) is 25.3 Å². The number of carboxylic acid groups (broad SMARTS) is 1. The summed E-state index contributed by atoms with van der Waals surface area (Å²) in [5, 5.41) is 14.7. The maximum atomic E-state index is 14.2. The topological polar surface area (TPSA) is 134 Å². The van der Waals surface area contributed by atoms with E-state index in [0.29, 0.717) is 23.6 Å². The molecular weight excluding hydrogens is 479 g/mol. The van der Waals surface area contributed by atoms with Crippen LogP contribution in [0.25, 0.3) is 5.70 Å². The first kappa shape index (κ1) is 24.3. The van der Waals surface area contributed by atoms with E-state index in [4.69, 9.17) is 15.2 Å². The number of halogens is 1. The monoisotopic (exact) mass is 504 g/mol. The minimum Gasteiger partial charge on any atom is -0.486 e. The number of primary amides is 1. The highest BCUT2D eigenvalue weighted by molar-refractivity contribution is 7.10. The van der Waals surface area contributed by atoms with Crippen molar-refractivity contribution in [1.29, 1.82) is 0 Å². The molecule has 4 rings (SSSR count). The molecule has 12 heteroatoms. The van der Waals surface area contributed by atoms with Gasteiger partial charge in [0, 0.05) is 35.5 Å². The Balaban J connectivity index is 1.60. The number of carbonyl (C=O) groups excluding carboxylic acids is 2. The van der Waals surface area contributed by atoms with Gasteiger partial charge in [-0.1, -0.05) is 0 Å². The number of carbonyl (C=O) groups is 3. The Kier molecular flexibility index (Phi) is 6.83. The molecular formula is C23H25FN4O6S. The summed E-state index contributed by atoms with van der Waals surface area (Å²) in [5.41, 5.74) is 8.15. The van der Waals surface area contributed by atoms with Crippen LogP contribution in [0.5, 0.6) is 5.75 Å². The van der Waals surface area contributed by atoms with Crippen LogP contribution in [-0.4, -0.2) is 58.3 Å². The van der Waals surface area contributed by atoms with Gasteiger partial charge in [0.1, 0.15) is 24.3 Å². The number of ether oxygens (including phenoxy) is 2. The molecule has 35 heavy (non-hydrogen) atoms. The van der Waals surface area contributed by atoms with Crippen LogP contribution in [0.1, 0.15) is 30.7 Å². The van der Waals surface area contributed by atoms with E-state index < -0.39 is 36.1 Å². The van der Waals surface area contributed by atoms with Gasteiger partial charge in [-0.25, -0.2) is 14.0 Å². The molecule has 2 aromatic rings. The van der Waals surface area contributed by atoms with Crippen molar-refractivity contribution < 1.29 is 33.4 Å². The maximum absolute atomic E-state index is 14.2. The molecule has 1 saturated heterocycles. The summed E-state index contributed by atoms with van der Waals surface area (Å²) in [6.07, 6.45) is -1.49. The number of nitrogens with two attached hydrogens (primary N) is 1. The number of nitrogens with zero attached hydrogens (tertiary/aromatic N) is 2. The van der Waals surface area contributed by atoms with Crippen molar-refractivity contribution in [1.82, 2.24) is 9.80 Å². The predicted octanol–water partition coefficient (Wildman–Crippen LogP) is 3.64. The molecule has 1 aromatic carbocycles. The van der Waals surface area contributed by atoms with E-state index in [0.717, 1.165) is 15.3 Å². The first-order valence-corrected chi connectivity index (χ1v) is 11.7. The molecule has 2 aliphatic rings. The number of benzene rings is 1. The van der Waals surface area contributed by atoms with Crippen molar-refractivity contribution in [3.05, 3.63) is 51.6 Å². The lowest BCUT2D eigenvalue weighted by Gasteiger charge is -2.30. The summed E-state index contributed by atoms with van der Waals surface area (Å²) in [5.74, 6) is -0.855. The first-order valence-electron chi connectivity index (χ1n) is 10.8. The van der Waals surface area contributed by atoms with Gasteiger partial charge in [-0.15, -0.1) is 11.3 Å². The normalized spacial score (nSPS) is 19.4. The van der Waals surface area contributed by atoms with E-state index >= 15 is 0 Å². The lowest BCUT2D eigenvalue weighted by molar-refractivity contribution is -0.142. The third-order valence-electron chi connectivity index (χ3n) is 5.95. The molecule has 3 amide bonds. The van der Waals surface area contributed by atoms with Crippen LogP contribution < -0.4 is 15.8 Å². The second kappa shape index (κ2) is 9.82. The number of rotatable bonds is 6. The quantitative estimate of drug-likeness (QED) is 0.511. The molecule has 0 unspecified atom stereocenters. The number of fused-ring (bicyclic) bond motifs is 1. The molecule has 0 aliphatic carbocycles. The standard InChI is InChI=1S/C23H25FN4O6S/c1-12-21(17-5-6-35-20(17)10-27(12)22(25)30)26-18-4-3-14(24)7-19(18)34-16-8-15(11-33-13(2)29)28(9-16)23(31)32/h3-7,15-16,26H,8-11H2,1-2H3,(H2,25,30)(H,31,32)/t15-,16-/m0/s1. The fourth-order valence-electron chi connectivity index (χ4n) is 4.25. The number of hydrogen-bond donors (Lipinski definition) is 3. The molecule has 0 saturated carbocycles. The van der Waals surface area contributed by atoms with Gasteiger partial charge < -0.3 is 25.6 Å². The number of allylic oxidation sites excluding steroid dienone is 1. The zero-order valence-corrected chi connectivity index (χ0v) is 19.9. The van der Waals surface area contributed by atoms with Gasteiger partial charge in [-0.3, -0.25) is 14.6 Å². The van der Waals surface area contributed by atoms with Gasteiger partial charge in [0.2, 0.25) is 0 Å². The summed E-state index contributed by atoms with van der Waals surface area (Å²) >= 11 is 1.49. The van der Waals surface area contributed by atoms with Crippen LogP contribution in [0.15, 0.2) is 35.3 Å². The third-order valence-corrected chi connectivity index (χ3v) is 6.85. The fourth-order valence-corrected chi connectivity index (χ4v) is 5.12. The number of urea groups is 1. The van der Waals surface area contributed by atoms with E-state index in [2.05, 4.69) is 5.32 Å². The Morgan fingerprint density at radius 3 is 2.77 bits per heavy atom. The summed E-state index contributed by atoms with van der Waals surface area (Å²) in [6.45, 7) is 3.32. The summed E-state index contributed by atoms with van der Waals surface area (Å²) < 4.78 is 25.2. The molecule has 10 nitrogen and oxygen atoms in total. The molecule has 1 fully saturated rings. The minimum absolute atomic E-state index is 0.0308. The molecule has 186 valence electrons. The Morgan fingerprint density at radius 1 is 1.31 bits per heavy atom. The van der Waals surface area contributed by atoms with Crippen LogP contribution in [-0.2, 0) is 16.1 Å². The van der Waals surface area contributed by atoms with Gasteiger partial charge in [0.05, 0.1) is 30.5 Å². The van der Waals surface area contributed by atoms with Gasteiger partial charge in [-0.05, 0) is 30.5 Å². The second-order valence-corrected chi connectivity index (χ2v) is 9.28. The predicted molar refractivity (Wildman–Crippen MR) is 126 cm³/mol. The number of likely N-dealkylation sites (tertiary alicyclic amines) is 1. The van der Waals surface area contributed by atoms with Crippen LogP contribution >= 0.6 is 11.3 Å². The Morgan fingerprint density at radius 2 is 2.09 bits per heavy atom. The highest BCUT2D eigenvalue weighted by atomic mass is 32.1. The van der Waals surface area contributed by atoms with Gasteiger partial charge in [0.25, 0.3) is 0 Å². The number of anilines is 1. The van der Waals surface area contributed by atoms with Gasteiger partial charge in [-0.2, -0.15) is 0 Å². The number of nitrogens with one attached hydrogen (secondary N) is 1. The lowest BCUT2D eigenvalue weighted by Crippen LogP contribution is -2.38. The van der Waals surface area contributed by atoms with Gasteiger partial charge >= 0.3 is 18.1 Å². The summed E-state index contributed by atoms with van der Waals surface area (Å²) in [6, 6.07) is 4.76. The molecule has 0 spiro atoms. The summed E-state index contributed by atoms with van der Waals surface area (Å²) in [7, 11) is 0. The summed E-state index contributed by atoms with van der Waals surface area (Å²) in [4.78, 5) is 38.4. The van der Waals surface area contributed by atoms with Crippen LogP contribution in [0.3, 0.4) is 0 Å². The average molecular weight is 505 g/mol. The van der Waals surface area contributed by atoms with Crippen molar-refractivity contribution in [2.45, 2.75) is 39.0 Å². The molecule has 2 atom stereocenters. The molecule has 3 heterocycles. The van der Waals surface area contributed by atoms with Crippen molar-refractivity contribution in [3.8, 4) is 5.75 Å². The molecule has 1 aromatic heterocycles. The number of esters is 1.